The van der Waals surface area contributed by atoms with Gasteiger partial charge in [-0.3, -0.25) is 9.59 Å². The Bertz CT molecular complexity index is 1820. The third-order valence-corrected chi connectivity index (χ3v) is 12.8. The number of ether oxygens (including phenoxy) is 2. The molecule has 0 atom stereocenters. The summed E-state index contributed by atoms with van der Waals surface area (Å²) in [5, 5.41) is 5.54. The van der Waals surface area contributed by atoms with E-state index in [2.05, 4.69) is 118 Å². The first kappa shape index (κ1) is 50.3. The van der Waals surface area contributed by atoms with Crippen LogP contribution in [0.3, 0.4) is 0 Å². The number of hydrogen-bond acceptors (Lipinski definition) is 7. The molecule has 0 aliphatic carbocycles. The van der Waals surface area contributed by atoms with Crippen LogP contribution in [-0.4, -0.2) is 51.1 Å². The molecule has 57 heavy (non-hydrogen) atoms. The summed E-state index contributed by atoms with van der Waals surface area (Å²) < 4.78 is 48.5. The summed E-state index contributed by atoms with van der Waals surface area (Å²) in [6, 6.07) is 16.1. The van der Waals surface area contributed by atoms with E-state index in [-0.39, 0.29) is 75.4 Å². The summed E-state index contributed by atoms with van der Waals surface area (Å²) >= 11 is 0. The minimum Gasteiger partial charge on any atom is -0.744 e. The number of rotatable bonds is 21. The Morgan fingerprint density at radius 1 is 0.579 bits per heavy atom. The Kier molecular flexibility index (Phi) is 18.4. The second-order valence-corrected chi connectivity index (χ2v) is 18.9. The van der Waals surface area contributed by atoms with Gasteiger partial charge >= 0.3 is 29.6 Å². The summed E-state index contributed by atoms with van der Waals surface area (Å²) in [5.74, 6) is 0.418. The third-order valence-electron chi connectivity index (χ3n) is 12.0. The van der Waals surface area contributed by atoms with Crippen molar-refractivity contribution in [3.63, 3.8) is 0 Å². The molecule has 0 saturated heterocycles. The van der Waals surface area contributed by atoms with Gasteiger partial charge in [0, 0.05) is 35.3 Å². The molecule has 3 aromatic rings. The zero-order valence-corrected chi connectivity index (χ0v) is 39.8. The number of carbonyl (C=O) groups excluding carboxylic acids is 2. The maximum Gasteiger partial charge on any atom is 1.00 e. The standard InChI is InChI=1S/C46H68N2O7S.Na/c1-13-43(5,6)34-19-21-39(37(30-34)45(9,10)15-3)54-25-17-23-47-41(49)32-27-33(29-36(28-32)56(51,52)53)42(50)48-24-18-26-55-40-22-20-35(44(7,8)14-2)31-38(40)46(11,12)16-4;/h19-22,27-31H,13-18,23-26H2,1-12H3,(H,47,49)(H,48,50)(H,51,52,53);/q;+1/p-1. The van der Waals surface area contributed by atoms with Gasteiger partial charge in [0.05, 0.1) is 18.1 Å². The molecular formula is C46H67N2NaO7S. The molecule has 0 aliphatic rings. The van der Waals surface area contributed by atoms with Gasteiger partial charge in [-0.2, -0.15) is 0 Å². The van der Waals surface area contributed by atoms with E-state index >= 15 is 0 Å². The van der Waals surface area contributed by atoms with Crippen LogP contribution < -0.4 is 49.7 Å². The molecule has 0 saturated carbocycles. The Hall–Kier alpha value is -2.89. The molecular weight excluding hydrogens is 748 g/mol. The predicted octanol–water partition coefficient (Wildman–Crippen LogP) is 6.74. The van der Waals surface area contributed by atoms with Crippen molar-refractivity contribution >= 4 is 21.9 Å². The Morgan fingerprint density at radius 2 is 0.930 bits per heavy atom. The van der Waals surface area contributed by atoms with Crippen molar-refractivity contribution in [2.24, 2.45) is 0 Å². The normalized spacial score (nSPS) is 12.4. The zero-order valence-electron chi connectivity index (χ0n) is 37.0. The molecule has 310 valence electrons. The van der Waals surface area contributed by atoms with Gasteiger partial charge in [-0.1, -0.05) is 107 Å². The van der Waals surface area contributed by atoms with E-state index in [4.69, 9.17) is 9.47 Å². The second kappa shape index (κ2) is 20.9. The number of nitrogens with one attached hydrogen (secondary N) is 2. The van der Waals surface area contributed by atoms with Gasteiger partial charge in [0.2, 0.25) is 0 Å². The van der Waals surface area contributed by atoms with Crippen LogP contribution in [0.25, 0.3) is 0 Å². The minimum atomic E-state index is -4.95. The van der Waals surface area contributed by atoms with Crippen LogP contribution in [0.2, 0.25) is 0 Å². The van der Waals surface area contributed by atoms with Gasteiger partial charge in [0.1, 0.15) is 21.6 Å². The molecule has 0 aliphatic heterocycles. The van der Waals surface area contributed by atoms with E-state index in [9.17, 15) is 22.6 Å². The van der Waals surface area contributed by atoms with Crippen molar-refractivity contribution in [3.8, 4) is 11.5 Å². The second-order valence-electron chi connectivity index (χ2n) is 17.5. The van der Waals surface area contributed by atoms with Crippen molar-refractivity contribution in [2.75, 3.05) is 26.3 Å². The molecule has 3 rings (SSSR count). The van der Waals surface area contributed by atoms with Crippen molar-refractivity contribution < 1.29 is 61.6 Å². The minimum absolute atomic E-state index is 0. The quantitative estimate of drug-likeness (QED) is 0.0692. The van der Waals surface area contributed by atoms with Crippen LogP contribution in [0.1, 0.15) is 165 Å². The maximum atomic E-state index is 13.2. The molecule has 0 aromatic heterocycles. The van der Waals surface area contributed by atoms with Gasteiger partial charge < -0.3 is 24.7 Å². The average Bonchev–Trinajstić information content (AvgIpc) is 3.16. The Morgan fingerprint density at radius 3 is 1.25 bits per heavy atom. The molecule has 2 amide bonds. The SMILES string of the molecule is CCC(C)(C)c1ccc(OCCCNC(=O)c2cc(C(=O)NCCCOc3ccc(C(C)(C)CC)cc3C(C)(C)CC)cc(S(=O)(=O)[O-])c2)c(C(C)(C)CC)c1.[Na+]. The largest absolute Gasteiger partial charge is 1.00 e. The third kappa shape index (κ3) is 13.6. The molecule has 2 N–H and O–H groups in total. The molecule has 3 aromatic carbocycles. The smallest absolute Gasteiger partial charge is 0.744 e. The van der Waals surface area contributed by atoms with E-state index in [0.29, 0.717) is 26.1 Å². The van der Waals surface area contributed by atoms with E-state index in [1.807, 2.05) is 12.1 Å². The summed E-state index contributed by atoms with van der Waals surface area (Å²) in [7, 11) is -4.95. The first-order valence-electron chi connectivity index (χ1n) is 20.3. The van der Waals surface area contributed by atoms with Gasteiger partial charge in [-0.15, -0.1) is 0 Å². The van der Waals surface area contributed by atoms with Gasteiger partial charge in [0.15, 0.2) is 0 Å². The van der Waals surface area contributed by atoms with E-state index in [0.717, 1.165) is 60.4 Å². The zero-order chi connectivity index (χ0) is 42.1. The average molecular weight is 815 g/mol. The molecule has 0 radical (unpaired) electrons. The van der Waals surface area contributed by atoms with Crippen LogP contribution in [0.5, 0.6) is 11.5 Å². The summed E-state index contributed by atoms with van der Waals surface area (Å²) in [5.41, 5.74) is 4.50. The molecule has 0 bridgehead atoms. The van der Waals surface area contributed by atoms with Crippen LogP contribution >= 0.6 is 0 Å². The molecule has 0 fully saturated rings. The fourth-order valence-electron chi connectivity index (χ4n) is 6.12. The summed E-state index contributed by atoms with van der Waals surface area (Å²) in [4.78, 5) is 25.7. The molecule has 0 heterocycles. The van der Waals surface area contributed by atoms with Crippen molar-refractivity contribution in [2.45, 2.75) is 148 Å². The first-order chi connectivity index (χ1) is 26.0. The Balaban J connectivity index is 0.0000112. The summed E-state index contributed by atoms with van der Waals surface area (Å²) in [6.07, 6.45) is 4.86. The fourth-order valence-corrected chi connectivity index (χ4v) is 6.67. The van der Waals surface area contributed by atoms with Crippen LogP contribution in [-0.2, 0) is 31.8 Å². The van der Waals surface area contributed by atoms with Gasteiger partial charge in [0.25, 0.3) is 11.8 Å². The van der Waals surface area contributed by atoms with Crippen molar-refractivity contribution in [3.05, 3.63) is 88.0 Å². The van der Waals surface area contributed by atoms with Crippen LogP contribution in [0.4, 0.5) is 0 Å². The number of hydrogen-bond donors (Lipinski definition) is 2. The predicted molar refractivity (Wildman–Crippen MR) is 225 cm³/mol. The molecule has 0 spiro atoms. The van der Waals surface area contributed by atoms with Crippen LogP contribution in [0.15, 0.2) is 59.5 Å². The van der Waals surface area contributed by atoms with Crippen LogP contribution in [0, 0.1) is 0 Å². The summed E-state index contributed by atoms with van der Waals surface area (Å²) in [6.45, 7) is 27.6. The Labute approximate surface area is 365 Å². The molecule has 9 nitrogen and oxygen atoms in total. The number of carbonyl (C=O) groups is 2. The van der Waals surface area contributed by atoms with Crippen molar-refractivity contribution in [1.29, 1.82) is 0 Å². The number of amides is 2. The number of benzene rings is 3. The molecule has 11 heteroatoms. The fraction of sp³-hybridized carbons (Fsp3) is 0.565. The molecule has 0 unspecified atom stereocenters. The van der Waals surface area contributed by atoms with Gasteiger partial charge in [-0.05, 0) is 102 Å². The van der Waals surface area contributed by atoms with E-state index in [1.54, 1.807) is 0 Å². The van der Waals surface area contributed by atoms with Gasteiger partial charge in [-0.25, -0.2) is 8.42 Å². The maximum absolute atomic E-state index is 13.2. The first-order valence-corrected chi connectivity index (χ1v) is 21.7. The van der Waals surface area contributed by atoms with Crippen molar-refractivity contribution in [1.82, 2.24) is 10.6 Å². The van der Waals surface area contributed by atoms with E-state index < -0.39 is 26.8 Å². The topological polar surface area (TPSA) is 134 Å². The van der Waals surface area contributed by atoms with E-state index in [1.165, 1.54) is 17.2 Å². The monoisotopic (exact) mass is 814 g/mol.